The lowest BCUT2D eigenvalue weighted by Crippen LogP contribution is -2.11. The Labute approximate surface area is 120 Å². The van der Waals surface area contributed by atoms with Gasteiger partial charge in [-0.3, -0.25) is 10.1 Å². The molecule has 2 N–H and O–H groups in total. The molecule has 0 atom stereocenters. The highest BCUT2D eigenvalue weighted by atomic mass is 16.5. The maximum absolute atomic E-state index is 12.1. The van der Waals surface area contributed by atoms with Gasteiger partial charge in [-0.2, -0.15) is 0 Å². The number of rotatable bonds is 3. The quantitative estimate of drug-likeness (QED) is 0.773. The zero-order valence-electron chi connectivity index (χ0n) is 11.5. The Kier molecular flexibility index (Phi) is 2.57. The lowest BCUT2D eigenvalue weighted by atomic mass is 10.2. The SMILES string of the molecule is Cc1cccc2[nH]c(NC(=O)c3cc(C4CC4)no3)nc12. The second kappa shape index (κ2) is 4.44. The highest BCUT2D eigenvalue weighted by molar-refractivity contribution is 6.02. The van der Waals surface area contributed by atoms with Crippen molar-refractivity contribution in [2.45, 2.75) is 25.7 Å². The van der Waals surface area contributed by atoms with Crippen LogP contribution in [0.3, 0.4) is 0 Å². The van der Waals surface area contributed by atoms with Gasteiger partial charge in [0.15, 0.2) is 0 Å². The van der Waals surface area contributed by atoms with Gasteiger partial charge in [0.1, 0.15) is 0 Å². The minimum absolute atomic E-state index is 0.217. The fraction of sp³-hybridized carbons (Fsp3) is 0.267. The normalized spacial score (nSPS) is 14.5. The van der Waals surface area contributed by atoms with E-state index in [1.807, 2.05) is 25.1 Å². The number of hydrogen-bond acceptors (Lipinski definition) is 4. The van der Waals surface area contributed by atoms with E-state index in [-0.39, 0.29) is 11.7 Å². The number of amides is 1. The number of H-pyrrole nitrogens is 1. The molecule has 106 valence electrons. The summed E-state index contributed by atoms with van der Waals surface area (Å²) < 4.78 is 5.09. The molecule has 21 heavy (non-hydrogen) atoms. The number of aromatic nitrogens is 3. The van der Waals surface area contributed by atoms with Gasteiger partial charge in [-0.15, -0.1) is 0 Å². The number of fused-ring (bicyclic) bond motifs is 1. The minimum Gasteiger partial charge on any atom is -0.351 e. The van der Waals surface area contributed by atoms with Crippen LogP contribution in [0.25, 0.3) is 11.0 Å². The van der Waals surface area contributed by atoms with Gasteiger partial charge in [-0.05, 0) is 31.4 Å². The number of hydrogen-bond donors (Lipinski definition) is 2. The van der Waals surface area contributed by atoms with Gasteiger partial charge >= 0.3 is 0 Å². The van der Waals surface area contributed by atoms with Crippen molar-refractivity contribution in [3.05, 3.63) is 41.3 Å². The second-order valence-electron chi connectivity index (χ2n) is 5.40. The third-order valence-electron chi connectivity index (χ3n) is 3.69. The van der Waals surface area contributed by atoms with Crippen LogP contribution in [0.2, 0.25) is 0 Å². The predicted octanol–water partition coefficient (Wildman–Crippen LogP) is 2.99. The van der Waals surface area contributed by atoms with Gasteiger partial charge in [0, 0.05) is 12.0 Å². The van der Waals surface area contributed by atoms with Crippen molar-refractivity contribution in [3.63, 3.8) is 0 Å². The van der Waals surface area contributed by atoms with Crippen LogP contribution in [0.4, 0.5) is 5.95 Å². The number of nitrogens with zero attached hydrogens (tertiary/aromatic N) is 2. The average molecular weight is 282 g/mol. The highest BCUT2D eigenvalue weighted by Crippen LogP contribution is 2.39. The number of anilines is 1. The van der Waals surface area contributed by atoms with Crippen molar-refractivity contribution in [2.75, 3.05) is 5.32 Å². The summed E-state index contributed by atoms with van der Waals surface area (Å²) in [6, 6.07) is 7.55. The molecule has 0 unspecified atom stereocenters. The summed E-state index contributed by atoms with van der Waals surface area (Å²) in [6.45, 7) is 1.98. The Morgan fingerprint density at radius 1 is 1.43 bits per heavy atom. The molecule has 1 amide bonds. The van der Waals surface area contributed by atoms with Gasteiger partial charge in [0.2, 0.25) is 11.7 Å². The van der Waals surface area contributed by atoms with E-state index in [0.717, 1.165) is 35.1 Å². The Bertz CT molecular complexity index is 829. The molecule has 1 aromatic carbocycles. The molecule has 3 aromatic rings. The number of imidazole rings is 1. The van der Waals surface area contributed by atoms with E-state index in [0.29, 0.717) is 11.9 Å². The molecule has 0 bridgehead atoms. The van der Waals surface area contributed by atoms with E-state index >= 15 is 0 Å². The third-order valence-corrected chi connectivity index (χ3v) is 3.69. The summed E-state index contributed by atoms with van der Waals surface area (Å²) in [7, 11) is 0. The molecule has 6 heteroatoms. The Morgan fingerprint density at radius 3 is 3.05 bits per heavy atom. The van der Waals surface area contributed by atoms with Crippen LogP contribution in [0, 0.1) is 6.92 Å². The molecule has 1 saturated carbocycles. The van der Waals surface area contributed by atoms with Gasteiger partial charge in [0.05, 0.1) is 16.7 Å². The molecular weight excluding hydrogens is 268 g/mol. The molecule has 2 heterocycles. The van der Waals surface area contributed by atoms with E-state index in [4.69, 9.17) is 4.52 Å². The number of carbonyl (C=O) groups excluding carboxylic acids is 1. The van der Waals surface area contributed by atoms with Crippen LogP contribution < -0.4 is 5.32 Å². The lowest BCUT2D eigenvalue weighted by Gasteiger charge is -1.96. The number of nitrogens with one attached hydrogen (secondary N) is 2. The van der Waals surface area contributed by atoms with Gasteiger partial charge in [-0.25, -0.2) is 4.98 Å². The molecule has 1 aliphatic rings. The molecular formula is C15H14N4O2. The number of aryl methyl sites for hydroxylation is 1. The summed E-state index contributed by atoms with van der Waals surface area (Å²) in [4.78, 5) is 19.6. The Morgan fingerprint density at radius 2 is 2.29 bits per heavy atom. The highest BCUT2D eigenvalue weighted by Gasteiger charge is 2.28. The fourth-order valence-corrected chi connectivity index (χ4v) is 2.37. The van der Waals surface area contributed by atoms with Crippen molar-refractivity contribution in [3.8, 4) is 0 Å². The van der Waals surface area contributed by atoms with Crippen LogP contribution in [0.15, 0.2) is 28.8 Å². The van der Waals surface area contributed by atoms with Crippen molar-refractivity contribution < 1.29 is 9.32 Å². The molecule has 2 aromatic heterocycles. The first-order valence-electron chi connectivity index (χ1n) is 6.94. The second-order valence-corrected chi connectivity index (χ2v) is 5.40. The van der Waals surface area contributed by atoms with Crippen LogP contribution in [0.1, 0.15) is 40.6 Å². The zero-order chi connectivity index (χ0) is 14.4. The van der Waals surface area contributed by atoms with E-state index in [1.54, 1.807) is 6.07 Å². The maximum atomic E-state index is 12.1. The van der Waals surface area contributed by atoms with Gasteiger partial charge < -0.3 is 9.51 Å². The molecule has 0 aliphatic heterocycles. The predicted molar refractivity (Wildman–Crippen MR) is 77.3 cm³/mol. The van der Waals surface area contributed by atoms with Crippen molar-refractivity contribution in [1.29, 1.82) is 0 Å². The first-order valence-corrected chi connectivity index (χ1v) is 6.94. The summed E-state index contributed by atoms with van der Waals surface area (Å²) in [6.07, 6.45) is 2.24. The van der Waals surface area contributed by atoms with E-state index in [1.165, 1.54) is 0 Å². The minimum atomic E-state index is -0.342. The number of para-hydroxylation sites is 1. The van der Waals surface area contributed by atoms with Gasteiger partial charge in [0.25, 0.3) is 5.91 Å². The zero-order valence-corrected chi connectivity index (χ0v) is 11.5. The molecule has 0 spiro atoms. The topological polar surface area (TPSA) is 83.8 Å². The summed E-state index contributed by atoms with van der Waals surface area (Å²) >= 11 is 0. The molecule has 0 radical (unpaired) electrons. The Hall–Kier alpha value is -2.63. The molecule has 0 saturated heterocycles. The summed E-state index contributed by atoms with van der Waals surface area (Å²) in [5, 5.41) is 6.64. The maximum Gasteiger partial charge on any atom is 0.296 e. The van der Waals surface area contributed by atoms with Crippen LogP contribution >= 0.6 is 0 Å². The average Bonchev–Trinajstić information content (AvgIpc) is 3.04. The molecule has 1 fully saturated rings. The lowest BCUT2D eigenvalue weighted by molar-refractivity contribution is 0.0987. The number of carbonyl (C=O) groups is 1. The third kappa shape index (κ3) is 2.18. The van der Waals surface area contributed by atoms with Crippen molar-refractivity contribution in [1.82, 2.24) is 15.1 Å². The van der Waals surface area contributed by atoms with Crippen molar-refractivity contribution in [2.24, 2.45) is 0 Å². The molecule has 6 nitrogen and oxygen atoms in total. The van der Waals surface area contributed by atoms with Crippen molar-refractivity contribution >= 4 is 22.9 Å². The molecule has 1 aliphatic carbocycles. The first-order chi connectivity index (χ1) is 10.2. The molecule has 4 rings (SSSR count). The largest absolute Gasteiger partial charge is 0.351 e. The Balaban J connectivity index is 1.58. The van der Waals surface area contributed by atoms with Crippen LogP contribution in [0.5, 0.6) is 0 Å². The number of benzene rings is 1. The monoisotopic (exact) mass is 282 g/mol. The van der Waals surface area contributed by atoms with E-state index in [9.17, 15) is 4.79 Å². The van der Waals surface area contributed by atoms with Gasteiger partial charge in [-0.1, -0.05) is 17.3 Å². The van der Waals surface area contributed by atoms with E-state index < -0.39 is 0 Å². The summed E-state index contributed by atoms with van der Waals surface area (Å²) in [5.41, 5.74) is 3.66. The smallest absolute Gasteiger partial charge is 0.296 e. The standard InChI is InChI=1S/C15H14N4O2/c1-8-3-2-4-10-13(8)17-15(16-10)18-14(20)12-7-11(19-21-12)9-5-6-9/h2-4,7,9H,5-6H2,1H3,(H2,16,17,18,20). The first kappa shape index (κ1) is 12.1. The van der Waals surface area contributed by atoms with Crippen LogP contribution in [-0.4, -0.2) is 21.0 Å². The summed E-state index contributed by atoms with van der Waals surface area (Å²) in [5.74, 6) is 0.748. The van der Waals surface area contributed by atoms with Crippen LogP contribution in [-0.2, 0) is 0 Å². The van der Waals surface area contributed by atoms with E-state index in [2.05, 4.69) is 20.4 Å². The number of aromatic amines is 1. The fourth-order valence-electron chi connectivity index (χ4n) is 2.37.